The number of hydrogen-bond acceptors (Lipinski definition) is 6. The van der Waals surface area contributed by atoms with E-state index >= 15 is 0 Å². The highest BCUT2D eigenvalue weighted by molar-refractivity contribution is 7.99. The Hall–Kier alpha value is -3.42. The molecule has 0 aliphatic carbocycles. The molecule has 1 amide bonds. The van der Waals surface area contributed by atoms with Crippen molar-refractivity contribution in [3.8, 4) is 0 Å². The second-order valence-electron chi connectivity index (χ2n) is 7.44. The molecule has 0 aliphatic rings. The summed E-state index contributed by atoms with van der Waals surface area (Å²) in [5.41, 5.74) is 5.31. The molecule has 2 heterocycles. The van der Waals surface area contributed by atoms with Gasteiger partial charge in [0.15, 0.2) is 5.65 Å². The minimum absolute atomic E-state index is 0.0616. The summed E-state index contributed by atoms with van der Waals surface area (Å²) in [4.78, 5) is 22.3. The van der Waals surface area contributed by atoms with Gasteiger partial charge in [-0.05, 0) is 67.1 Å². The molecule has 4 rings (SSSR count). The van der Waals surface area contributed by atoms with Crippen LogP contribution in [0.15, 0.2) is 76.7 Å². The van der Waals surface area contributed by atoms with Crippen molar-refractivity contribution in [2.45, 2.75) is 30.1 Å². The second kappa shape index (κ2) is 9.80. The van der Waals surface area contributed by atoms with E-state index < -0.39 is 0 Å². The molecule has 162 valence electrons. The molecule has 2 aromatic carbocycles. The minimum Gasteiger partial charge on any atom is -0.396 e. The van der Waals surface area contributed by atoms with E-state index in [1.165, 1.54) is 6.92 Å². The number of rotatable bonds is 7. The Morgan fingerprint density at radius 1 is 1.03 bits per heavy atom. The first-order valence-corrected chi connectivity index (χ1v) is 11.1. The maximum atomic E-state index is 11.2. The largest absolute Gasteiger partial charge is 0.396 e. The quantitative estimate of drug-likeness (QED) is 0.357. The smallest absolute Gasteiger partial charge is 0.221 e. The molecule has 32 heavy (non-hydrogen) atoms. The number of benzene rings is 2. The third kappa shape index (κ3) is 5.25. The summed E-state index contributed by atoms with van der Waals surface area (Å²) in [6.07, 6.45) is 2.25. The molecule has 0 radical (unpaired) electrons. The van der Waals surface area contributed by atoms with Gasteiger partial charge in [-0.3, -0.25) is 4.79 Å². The Morgan fingerprint density at radius 3 is 2.59 bits per heavy atom. The van der Waals surface area contributed by atoms with E-state index in [4.69, 9.17) is 0 Å². The van der Waals surface area contributed by atoms with Crippen molar-refractivity contribution >= 4 is 45.8 Å². The van der Waals surface area contributed by atoms with Crippen molar-refractivity contribution in [1.82, 2.24) is 9.97 Å². The van der Waals surface area contributed by atoms with Crippen molar-refractivity contribution in [3.05, 3.63) is 78.1 Å². The fourth-order valence-electron chi connectivity index (χ4n) is 3.34. The SMILES string of the molecule is CC(=O)Nc1ccc(Sc2ccc(C)cc2Nc2ccnc3nc(CCO)ccc23)cc1. The molecule has 7 heteroatoms. The van der Waals surface area contributed by atoms with E-state index in [-0.39, 0.29) is 12.5 Å². The number of nitrogens with one attached hydrogen (secondary N) is 2. The first-order valence-electron chi connectivity index (χ1n) is 10.3. The molecule has 6 nitrogen and oxygen atoms in total. The molecule has 0 spiro atoms. The highest BCUT2D eigenvalue weighted by atomic mass is 32.2. The zero-order valence-corrected chi connectivity index (χ0v) is 18.7. The topological polar surface area (TPSA) is 87.1 Å². The molecule has 0 unspecified atom stereocenters. The van der Waals surface area contributed by atoms with Crippen LogP contribution >= 0.6 is 11.8 Å². The van der Waals surface area contributed by atoms with Crippen molar-refractivity contribution in [3.63, 3.8) is 0 Å². The van der Waals surface area contributed by atoms with Gasteiger partial charge in [0.05, 0.1) is 11.4 Å². The van der Waals surface area contributed by atoms with E-state index in [0.717, 1.165) is 43.5 Å². The first kappa shape index (κ1) is 21.8. The van der Waals surface area contributed by atoms with Crippen LogP contribution in [-0.2, 0) is 11.2 Å². The van der Waals surface area contributed by atoms with E-state index in [2.05, 4.69) is 45.7 Å². The normalized spacial score (nSPS) is 10.8. The summed E-state index contributed by atoms with van der Waals surface area (Å²) in [5, 5.41) is 16.4. The molecule has 3 N–H and O–H groups in total. The predicted molar refractivity (Wildman–Crippen MR) is 130 cm³/mol. The lowest BCUT2D eigenvalue weighted by Crippen LogP contribution is -2.05. The fourth-order valence-corrected chi connectivity index (χ4v) is 4.23. The van der Waals surface area contributed by atoms with Crippen molar-refractivity contribution in [1.29, 1.82) is 0 Å². The molecular weight excluding hydrogens is 420 g/mol. The number of aliphatic hydroxyl groups is 1. The van der Waals surface area contributed by atoms with Gasteiger partial charge in [0.2, 0.25) is 5.91 Å². The number of aliphatic hydroxyl groups excluding tert-OH is 1. The Balaban J connectivity index is 1.62. The molecule has 0 atom stereocenters. The van der Waals surface area contributed by atoms with Crippen LogP contribution in [0.1, 0.15) is 18.2 Å². The summed E-state index contributed by atoms with van der Waals surface area (Å²) >= 11 is 1.65. The van der Waals surface area contributed by atoms with Crippen LogP contribution in [0.4, 0.5) is 17.1 Å². The number of fused-ring (bicyclic) bond motifs is 1. The zero-order chi connectivity index (χ0) is 22.5. The van der Waals surface area contributed by atoms with Gasteiger partial charge in [-0.2, -0.15) is 0 Å². The van der Waals surface area contributed by atoms with Gasteiger partial charge < -0.3 is 15.7 Å². The summed E-state index contributed by atoms with van der Waals surface area (Å²) in [5.74, 6) is -0.0852. The second-order valence-corrected chi connectivity index (χ2v) is 8.55. The number of nitrogens with zero attached hydrogens (tertiary/aromatic N) is 2. The summed E-state index contributed by atoms with van der Waals surface area (Å²) in [6.45, 7) is 3.63. The number of carbonyl (C=O) groups is 1. The van der Waals surface area contributed by atoms with Crippen LogP contribution < -0.4 is 10.6 Å². The molecule has 4 aromatic rings. The fraction of sp³-hybridized carbons (Fsp3) is 0.160. The van der Waals surface area contributed by atoms with Gasteiger partial charge in [0.1, 0.15) is 0 Å². The number of hydrogen-bond donors (Lipinski definition) is 3. The van der Waals surface area contributed by atoms with Gasteiger partial charge in [-0.25, -0.2) is 9.97 Å². The van der Waals surface area contributed by atoms with Gasteiger partial charge in [-0.15, -0.1) is 0 Å². The molecule has 0 aliphatic heterocycles. The molecule has 0 saturated carbocycles. The van der Waals surface area contributed by atoms with E-state index in [9.17, 15) is 9.90 Å². The van der Waals surface area contributed by atoms with Crippen LogP contribution in [0.25, 0.3) is 11.0 Å². The van der Waals surface area contributed by atoms with Crippen LogP contribution in [0.2, 0.25) is 0 Å². The minimum atomic E-state index is -0.0852. The molecule has 0 fully saturated rings. The number of aryl methyl sites for hydroxylation is 1. The highest BCUT2D eigenvalue weighted by Crippen LogP contribution is 2.37. The Morgan fingerprint density at radius 2 is 1.84 bits per heavy atom. The monoisotopic (exact) mass is 444 g/mol. The Kier molecular flexibility index (Phi) is 6.68. The first-order chi connectivity index (χ1) is 15.5. The van der Waals surface area contributed by atoms with Gasteiger partial charge in [0, 0.05) is 52.7 Å². The Bertz CT molecular complexity index is 1260. The number of carbonyl (C=O) groups excluding carboxylic acids is 1. The van der Waals surface area contributed by atoms with Crippen LogP contribution in [0.3, 0.4) is 0 Å². The summed E-state index contributed by atoms with van der Waals surface area (Å²) in [7, 11) is 0. The highest BCUT2D eigenvalue weighted by Gasteiger charge is 2.10. The molecule has 0 saturated heterocycles. The van der Waals surface area contributed by atoms with E-state index in [1.54, 1.807) is 18.0 Å². The number of anilines is 3. The van der Waals surface area contributed by atoms with Crippen molar-refractivity contribution in [2.75, 3.05) is 17.2 Å². The van der Waals surface area contributed by atoms with E-state index in [0.29, 0.717) is 12.1 Å². The third-order valence-corrected chi connectivity index (χ3v) is 5.92. The third-order valence-electron chi connectivity index (χ3n) is 4.84. The van der Waals surface area contributed by atoms with Gasteiger partial charge >= 0.3 is 0 Å². The lowest BCUT2D eigenvalue weighted by molar-refractivity contribution is -0.114. The number of pyridine rings is 2. The maximum Gasteiger partial charge on any atom is 0.221 e. The standard InChI is InChI=1S/C25H24N4O2S/c1-16-3-10-24(32-20-7-4-18(5-8-20)27-17(2)31)23(15-16)29-22-11-13-26-25-21(22)9-6-19(28-25)12-14-30/h3-11,13,15,30H,12,14H2,1-2H3,(H,27,31)(H,26,28,29). The lowest BCUT2D eigenvalue weighted by atomic mass is 10.2. The number of amides is 1. The summed E-state index contributed by atoms with van der Waals surface area (Å²) in [6, 6.07) is 20.0. The van der Waals surface area contributed by atoms with E-state index in [1.807, 2.05) is 42.5 Å². The van der Waals surface area contributed by atoms with Crippen LogP contribution in [0.5, 0.6) is 0 Å². The predicted octanol–water partition coefficient (Wildman–Crippen LogP) is 5.33. The average molecular weight is 445 g/mol. The number of aromatic nitrogens is 2. The van der Waals surface area contributed by atoms with Crippen LogP contribution in [-0.4, -0.2) is 27.6 Å². The lowest BCUT2D eigenvalue weighted by Gasteiger charge is -2.15. The van der Waals surface area contributed by atoms with Gasteiger partial charge in [-0.1, -0.05) is 17.8 Å². The van der Waals surface area contributed by atoms with Crippen LogP contribution in [0, 0.1) is 6.92 Å². The average Bonchev–Trinajstić information content (AvgIpc) is 2.77. The zero-order valence-electron chi connectivity index (χ0n) is 17.9. The van der Waals surface area contributed by atoms with Crippen molar-refractivity contribution < 1.29 is 9.90 Å². The molecule has 0 bridgehead atoms. The summed E-state index contributed by atoms with van der Waals surface area (Å²) < 4.78 is 0. The maximum absolute atomic E-state index is 11.2. The van der Waals surface area contributed by atoms with Gasteiger partial charge in [0.25, 0.3) is 0 Å². The molecular formula is C25H24N4O2S. The Labute approximate surface area is 191 Å². The van der Waals surface area contributed by atoms with Crippen molar-refractivity contribution in [2.24, 2.45) is 0 Å². The molecule has 2 aromatic heterocycles.